The predicted octanol–water partition coefficient (Wildman–Crippen LogP) is 8.85. The Labute approximate surface area is 272 Å². The Bertz CT molecular complexity index is 743. The van der Waals surface area contributed by atoms with Gasteiger partial charge in [0.15, 0.2) is 0 Å². The summed E-state index contributed by atoms with van der Waals surface area (Å²) in [4.78, 5) is 22.6. The van der Waals surface area contributed by atoms with Crippen molar-refractivity contribution in [2.75, 3.05) is 40.9 Å². The van der Waals surface area contributed by atoms with Gasteiger partial charge >= 0.3 is 7.82 Å². The normalized spacial score (nSPS) is 15.0. The number of aliphatic hydroxyl groups is 1. The van der Waals surface area contributed by atoms with Crippen LogP contribution in [0.2, 0.25) is 0 Å². The highest BCUT2D eigenvalue weighted by Gasteiger charge is 2.27. The zero-order valence-electron chi connectivity index (χ0n) is 29.4. The Kier molecular flexibility index (Phi) is 28.0. The van der Waals surface area contributed by atoms with E-state index in [1.807, 2.05) is 27.2 Å². The average Bonchev–Trinajstić information content (AvgIpc) is 2.96. The monoisotopic (exact) mass is 648 g/mol. The highest BCUT2D eigenvalue weighted by molar-refractivity contribution is 7.47. The van der Waals surface area contributed by atoms with Crippen LogP contribution < -0.4 is 5.32 Å². The molecule has 0 aliphatic rings. The standard InChI is InChI=1S/C35H71N2O6P/c1-6-8-10-12-13-14-15-16-17-18-19-20-21-22-23-24-25-26-28-34(38)33(36-35(39)29-27-11-9-7-2)32-43-44(40,41)42-31-30-37(3,4)5/h26,28,33-34,38H,6-25,27,29-32H2,1-5H3,(H-,36,39,40,41)/p+1/b28-26+. The van der Waals surface area contributed by atoms with Crippen molar-refractivity contribution in [1.82, 2.24) is 5.32 Å². The van der Waals surface area contributed by atoms with Crippen molar-refractivity contribution in [1.29, 1.82) is 0 Å². The zero-order valence-corrected chi connectivity index (χ0v) is 30.3. The molecule has 8 nitrogen and oxygen atoms in total. The van der Waals surface area contributed by atoms with E-state index >= 15 is 0 Å². The molecule has 0 radical (unpaired) electrons. The second kappa shape index (κ2) is 28.5. The van der Waals surface area contributed by atoms with Crippen LogP contribution in [0.4, 0.5) is 0 Å². The minimum atomic E-state index is -4.31. The van der Waals surface area contributed by atoms with Gasteiger partial charge in [0.05, 0.1) is 39.9 Å². The molecule has 3 N–H and O–H groups in total. The Balaban J connectivity index is 4.29. The molecule has 0 heterocycles. The van der Waals surface area contributed by atoms with Gasteiger partial charge in [-0.15, -0.1) is 0 Å². The highest BCUT2D eigenvalue weighted by atomic mass is 31.2. The van der Waals surface area contributed by atoms with Gasteiger partial charge < -0.3 is 19.8 Å². The first-order chi connectivity index (χ1) is 21.0. The molecule has 1 amide bonds. The number of aliphatic hydroxyl groups excluding tert-OH is 1. The van der Waals surface area contributed by atoms with Gasteiger partial charge in [-0.25, -0.2) is 4.57 Å². The van der Waals surface area contributed by atoms with Crippen molar-refractivity contribution in [3.05, 3.63) is 12.2 Å². The number of carbonyl (C=O) groups excluding carboxylic acids is 1. The number of unbranched alkanes of at least 4 members (excludes halogenated alkanes) is 19. The molecule has 9 heteroatoms. The first kappa shape index (κ1) is 43.2. The molecule has 262 valence electrons. The van der Waals surface area contributed by atoms with Crippen molar-refractivity contribution in [2.24, 2.45) is 0 Å². The summed E-state index contributed by atoms with van der Waals surface area (Å²) in [5, 5.41) is 13.6. The lowest BCUT2D eigenvalue weighted by molar-refractivity contribution is -0.870. The van der Waals surface area contributed by atoms with E-state index in [1.54, 1.807) is 6.08 Å². The molecular weight excluding hydrogens is 575 g/mol. The molecular formula is C35H72N2O6P+. The van der Waals surface area contributed by atoms with Crippen LogP contribution in [-0.2, 0) is 18.4 Å². The van der Waals surface area contributed by atoms with Crippen LogP contribution >= 0.6 is 7.82 Å². The average molecular weight is 648 g/mol. The summed E-state index contributed by atoms with van der Waals surface area (Å²) in [5.41, 5.74) is 0. The smallest absolute Gasteiger partial charge is 0.387 e. The number of phosphoric acid groups is 1. The van der Waals surface area contributed by atoms with Crippen LogP contribution in [0.5, 0.6) is 0 Å². The van der Waals surface area contributed by atoms with Gasteiger partial charge in [0.25, 0.3) is 0 Å². The number of hydrogen-bond donors (Lipinski definition) is 3. The molecule has 0 aliphatic heterocycles. The van der Waals surface area contributed by atoms with Crippen LogP contribution in [0.25, 0.3) is 0 Å². The van der Waals surface area contributed by atoms with Gasteiger partial charge in [0, 0.05) is 6.42 Å². The summed E-state index contributed by atoms with van der Waals surface area (Å²) in [6.07, 6.45) is 29.0. The van der Waals surface area contributed by atoms with E-state index in [9.17, 15) is 19.4 Å². The first-order valence-corrected chi connectivity index (χ1v) is 19.6. The van der Waals surface area contributed by atoms with Gasteiger partial charge in [-0.3, -0.25) is 13.8 Å². The van der Waals surface area contributed by atoms with Gasteiger partial charge in [-0.1, -0.05) is 142 Å². The van der Waals surface area contributed by atoms with E-state index in [2.05, 4.69) is 19.2 Å². The summed E-state index contributed by atoms with van der Waals surface area (Å²) < 4.78 is 23.2. The molecule has 0 aliphatic carbocycles. The first-order valence-electron chi connectivity index (χ1n) is 18.1. The molecule has 0 spiro atoms. The number of rotatable bonds is 32. The fraction of sp³-hybridized carbons (Fsp3) is 0.914. The number of nitrogens with one attached hydrogen (secondary N) is 1. The molecule has 0 aromatic heterocycles. The maximum Gasteiger partial charge on any atom is 0.472 e. The van der Waals surface area contributed by atoms with Gasteiger partial charge in [-0.05, 0) is 19.3 Å². The second-order valence-electron chi connectivity index (χ2n) is 13.6. The van der Waals surface area contributed by atoms with Crippen molar-refractivity contribution in [3.63, 3.8) is 0 Å². The highest BCUT2D eigenvalue weighted by Crippen LogP contribution is 2.43. The van der Waals surface area contributed by atoms with Gasteiger partial charge in [0.2, 0.25) is 5.91 Å². The lowest BCUT2D eigenvalue weighted by Crippen LogP contribution is -2.45. The third kappa shape index (κ3) is 29.9. The summed E-state index contributed by atoms with van der Waals surface area (Å²) >= 11 is 0. The molecule has 0 aromatic carbocycles. The summed E-state index contributed by atoms with van der Waals surface area (Å²) in [5.74, 6) is -0.196. The minimum absolute atomic E-state index is 0.0630. The Hall–Kier alpha value is -0.760. The third-order valence-corrected chi connectivity index (χ3v) is 8.99. The second-order valence-corrected chi connectivity index (χ2v) is 15.1. The fourth-order valence-electron chi connectivity index (χ4n) is 5.04. The molecule has 3 atom stereocenters. The number of nitrogens with zero attached hydrogens (tertiary/aromatic N) is 1. The maximum absolute atomic E-state index is 12.5. The zero-order chi connectivity index (χ0) is 32.9. The predicted molar refractivity (Wildman–Crippen MR) is 185 cm³/mol. The van der Waals surface area contributed by atoms with E-state index in [1.165, 1.54) is 89.9 Å². The van der Waals surface area contributed by atoms with E-state index in [-0.39, 0.29) is 19.1 Å². The van der Waals surface area contributed by atoms with Crippen molar-refractivity contribution < 1.29 is 32.9 Å². The van der Waals surface area contributed by atoms with Gasteiger partial charge in [0.1, 0.15) is 13.2 Å². The van der Waals surface area contributed by atoms with Crippen LogP contribution in [0.15, 0.2) is 12.2 Å². The van der Waals surface area contributed by atoms with Crippen molar-refractivity contribution in [3.8, 4) is 0 Å². The number of quaternary nitrogens is 1. The van der Waals surface area contributed by atoms with Crippen molar-refractivity contribution in [2.45, 2.75) is 167 Å². The van der Waals surface area contributed by atoms with Crippen LogP contribution in [0, 0.1) is 0 Å². The number of amides is 1. The quantitative estimate of drug-likeness (QED) is 0.0292. The lowest BCUT2D eigenvalue weighted by atomic mass is 10.0. The summed E-state index contributed by atoms with van der Waals surface area (Å²) in [6.45, 7) is 4.67. The molecule has 0 saturated heterocycles. The summed E-state index contributed by atoms with van der Waals surface area (Å²) in [6, 6.07) is -0.835. The van der Waals surface area contributed by atoms with E-state index in [0.717, 1.165) is 44.9 Å². The molecule has 44 heavy (non-hydrogen) atoms. The topological polar surface area (TPSA) is 105 Å². The fourth-order valence-corrected chi connectivity index (χ4v) is 5.77. The largest absolute Gasteiger partial charge is 0.472 e. The maximum atomic E-state index is 12.5. The van der Waals surface area contributed by atoms with Crippen molar-refractivity contribution >= 4 is 13.7 Å². The number of likely N-dealkylation sites (N-methyl/N-ethyl adjacent to an activating group) is 1. The van der Waals surface area contributed by atoms with E-state index in [4.69, 9.17) is 9.05 Å². The van der Waals surface area contributed by atoms with Crippen LogP contribution in [0.1, 0.15) is 155 Å². The SMILES string of the molecule is CCCCCCCCCCCCCCCCCC/C=C/C(O)C(COP(=O)(O)OCC[N+](C)(C)C)NC(=O)CCCCCC. The lowest BCUT2D eigenvalue weighted by Gasteiger charge is -2.25. The van der Waals surface area contributed by atoms with Crippen LogP contribution in [0.3, 0.4) is 0 Å². The Morgan fingerprint density at radius 2 is 1.20 bits per heavy atom. The molecule has 0 aromatic rings. The number of carbonyl (C=O) groups is 1. The van der Waals surface area contributed by atoms with Gasteiger partial charge in [-0.2, -0.15) is 0 Å². The Morgan fingerprint density at radius 1 is 0.750 bits per heavy atom. The molecule has 3 unspecified atom stereocenters. The molecule has 0 rings (SSSR count). The minimum Gasteiger partial charge on any atom is -0.387 e. The van der Waals surface area contributed by atoms with Crippen LogP contribution in [-0.4, -0.2) is 73.4 Å². The summed E-state index contributed by atoms with van der Waals surface area (Å²) in [7, 11) is 1.57. The Morgan fingerprint density at radius 3 is 1.68 bits per heavy atom. The van der Waals surface area contributed by atoms with E-state index < -0.39 is 20.0 Å². The number of allylic oxidation sites excluding steroid dienone is 1. The molecule has 0 saturated carbocycles. The number of hydrogen-bond acceptors (Lipinski definition) is 5. The third-order valence-electron chi connectivity index (χ3n) is 8.01. The molecule has 0 bridgehead atoms. The van der Waals surface area contributed by atoms with E-state index in [0.29, 0.717) is 17.4 Å². The number of phosphoric ester groups is 1. The molecule has 0 fully saturated rings.